The Balaban J connectivity index is 1.45. The fourth-order valence-electron chi connectivity index (χ4n) is 4.74. The van der Waals surface area contributed by atoms with Gasteiger partial charge < -0.3 is 15.1 Å². The first kappa shape index (κ1) is 21.1. The van der Waals surface area contributed by atoms with Crippen molar-refractivity contribution in [1.29, 1.82) is 0 Å². The number of nitrogens with zero attached hydrogens (tertiary/aromatic N) is 2. The first-order chi connectivity index (χ1) is 14.7. The van der Waals surface area contributed by atoms with Crippen LogP contribution in [0.4, 0.5) is 11.4 Å². The first-order valence-electron chi connectivity index (χ1n) is 10.8. The third-order valence-electron chi connectivity index (χ3n) is 6.40. The second kappa shape index (κ2) is 8.17. The molecule has 3 amide bonds. The lowest BCUT2D eigenvalue weighted by Crippen LogP contribution is -2.34. The van der Waals surface area contributed by atoms with Gasteiger partial charge in [-0.3, -0.25) is 14.4 Å². The van der Waals surface area contributed by atoms with Gasteiger partial charge in [0.15, 0.2) is 0 Å². The SMILES string of the molecule is CC(=O)N1CCc2cc(N3C[C@H](C(=O)N[C@H](C)c4ccc(C)cc4C)CC3=O)ccc21. The third-order valence-corrected chi connectivity index (χ3v) is 6.40. The molecule has 2 aliphatic rings. The van der Waals surface area contributed by atoms with Crippen LogP contribution in [0.2, 0.25) is 0 Å². The summed E-state index contributed by atoms with van der Waals surface area (Å²) in [6.45, 7) is 8.69. The van der Waals surface area contributed by atoms with Crippen molar-refractivity contribution in [2.24, 2.45) is 5.92 Å². The Morgan fingerprint density at radius 3 is 2.61 bits per heavy atom. The van der Waals surface area contributed by atoms with Gasteiger partial charge in [0.1, 0.15) is 0 Å². The average Bonchev–Trinajstić information content (AvgIpc) is 3.30. The highest BCUT2D eigenvalue weighted by Gasteiger charge is 2.36. The number of aryl methyl sites for hydroxylation is 2. The van der Waals surface area contributed by atoms with Gasteiger partial charge >= 0.3 is 0 Å². The van der Waals surface area contributed by atoms with Crippen LogP contribution in [-0.2, 0) is 20.8 Å². The quantitative estimate of drug-likeness (QED) is 0.825. The second-order valence-electron chi connectivity index (χ2n) is 8.73. The topological polar surface area (TPSA) is 69.7 Å². The molecule has 2 atom stereocenters. The summed E-state index contributed by atoms with van der Waals surface area (Å²) < 4.78 is 0. The molecule has 162 valence electrons. The second-order valence-corrected chi connectivity index (χ2v) is 8.73. The van der Waals surface area contributed by atoms with Crippen molar-refractivity contribution in [3.63, 3.8) is 0 Å². The maximum atomic E-state index is 12.9. The molecule has 2 aromatic carbocycles. The smallest absolute Gasteiger partial charge is 0.227 e. The van der Waals surface area contributed by atoms with Crippen LogP contribution in [0.15, 0.2) is 36.4 Å². The average molecular weight is 420 g/mol. The minimum Gasteiger partial charge on any atom is -0.349 e. The summed E-state index contributed by atoms with van der Waals surface area (Å²) in [4.78, 5) is 40.8. The summed E-state index contributed by atoms with van der Waals surface area (Å²) in [6.07, 6.45) is 0.990. The molecule has 0 saturated carbocycles. The van der Waals surface area contributed by atoms with Gasteiger partial charge in [-0.05, 0) is 62.1 Å². The number of hydrogen-bond donors (Lipinski definition) is 1. The van der Waals surface area contributed by atoms with Gasteiger partial charge in [-0.1, -0.05) is 23.8 Å². The van der Waals surface area contributed by atoms with Gasteiger partial charge in [-0.15, -0.1) is 0 Å². The number of hydrogen-bond acceptors (Lipinski definition) is 3. The van der Waals surface area contributed by atoms with Crippen molar-refractivity contribution in [2.75, 3.05) is 22.9 Å². The molecule has 0 bridgehead atoms. The molecule has 1 saturated heterocycles. The number of amides is 3. The van der Waals surface area contributed by atoms with E-state index in [1.165, 1.54) is 5.56 Å². The van der Waals surface area contributed by atoms with E-state index in [0.717, 1.165) is 34.5 Å². The Bertz CT molecular complexity index is 1060. The van der Waals surface area contributed by atoms with Crippen LogP contribution in [0.1, 0.15) is 48.6 Å². The summed E-state index contributed by atoms with van der Waals surface area (Å²) in [5.41, 5.74) is 6.21. The molecule has 1 fully saturated rings. The van der Waals surface area contributed by atoms with E-state index < -0.39 is 0 Å². The summed E-state index contributed by atoms with van der Waals surface area (Å²) in [7, 11) is 0. The molecule has 6 heteroatoms. The maximum absolute atomic E-state index is 12.9. The number of rotatable bonds is 4. The zero-order valence-electron chi connectivity index (χ0n) is 18.6. The van der Waals surface area contributed by atoms with Gasteiger partial charge in [0.05, 0.1) is 12.0 Å². The molecular weight excluding hydrogens is 390 g/mol. The monoisotopic (exact) mass is 419 g/mol. The Morgan fingerprint density at radius 1 is 1.13 bits per heavy atom. The number of fused-ring (bicyclic) bond motifs is 1. The van der Waals surface area contributed by atoms with E-state index in [9.17, 15) is 14.4 Å². The standard InChI is InChI=1S/C25H29N3O3/c1-15-5-7-22(16(2)11-15)17(3)26-25(31)20-13-24(30)28(14-20)21-6-8-23-19(12-21)9-10-27(23)18(4)29/h5-8,11-12,17,20H,9-10,13-14H2,1-4H3,(H,26,31)/t17-,20-/m1/s1. The molecule has 0 radical (unpaired) electrons. The minimum atomic E-state index is -0.373. The van der Waals surface area contributed by atoms with Gasteiger partial charge in [-0.25, -0.2) is 0 Å². The van der Waals surface area contributed by atoms with Crippen molar-refractivity contribution in [3.8, 4) is 0 Å². The molecule has 2 heterocycles. The number of benzene rings is 2. The zero-order chi connectivity index (χ0) is 22.3. The van der Waals surface area contributed by atoms with Crippen LogP contribution in [-0.4, -0.2) is 30.8 Å². The molecule has 31 heavy (non-hydrogen) atoms. The lowest BCUT2D eigenvalue weighted by atomic mass is 9.99. The van der Waals surface area contributed by atoms with Crippen LogP contribution in [0.3, 0.4) is 0 Å². The third kappa shape index (κ3) is 4.07. The van der Waals surface area contributed by atoms with E-state index >= 15 is 0 Å². The van der Waals surface area contributed by atoms with Gasteiger partial charge in [0.25, 0.3) is 0 Å². The van der Waals surface area contributed by atoms with Crippen LogP contribution in [0.25, 0.3) is 0 Å². The molecule has 2 aliphatic heterocycles. The number of nitrogens with one attached hydrogen (secondary N) is 1. The van der Waals surface area contributed by atoms with Gasteiger partial charge in [-0.2, -0.15) is 0 Å². The molecule has 0 aliphatic carbocycles. The number of anilines is 2. The Kier molecular flexibility index (Phi) is 5.56. The number of carbonyl (C=O) groups is 3. The Labute approximate surface area is 183 Å². The highest BCUT2D eigenvalue weighted by Crippen LogP contribution is 2.34. The zero-order valence-corrected chi connectivity index (χ0v) is 18.6. The highest BCUT2D eigenvalue weighted by atomic mass is 16.2. The predicted molar refractivity (Wildman–Crippen MR) is 121 cm³/mol. The van der Waals surface area contributed by atoms with E-state index in [1.54, 1.807) is 16.7 Å². The van der Waals surface area contributed by atoms with Gasteiger partial charge in [0, 0.05) is 37.8 Å². The van der Waals surface area contributed by atoms with Crippen molar-refractivity contribution in [1.82, 2.24) is 5.32 Å². The van der Waals surface area contributed by atoms with E-state index in [-0.39, 0.29) is 36.1 Å². The summed E-state index contributed by atoms with van der Waals surface area (Å²) in [6, 6.07) is 11.9. The molecule has 4 rings (SSSR count). The molecule has 0 aromatic heterocycles. The van der Waals surface area contributed by atoms with Crippen LogP contribution < -0.4 is 15.1 Å². The van der Waals surface area contributed by atoms with Crippen LogP contribution in [0, 0.1) is 19.8 Å². The van der Waals surface area contributed by atoms with Crippen molar-refractivity contribution >= 4 is 29.1 Å². The van der Waals surface area contributed by atoms with Crippen molar-refractivity contribution < 1.29 is 14.4 Å². The van der Waals surface area contributed by atoms with Gasteiger partial charge in [0.2, 0.25) is 17.7 Å². The molecular formula is C25H29N3O3. The Hall–Kier alpha value is -3.15. The molecule has 6 nitrogen and oxygen atoms in total. The predicted octanol–water partition coefficient (Wildman–Crippen LogP) is 3.44. The summed E-state index contributed by atoms with van der Waals surface area (Å²) in [5, 5.41) is 3.09. The lowest BCUT2D eigenvalue weighted by Gasteiger charge is -2.21. The fourth-order valence-corrected chi connectivity index (χ4v) is 4.74. The fraction of sp³-hybridized carbons (Fsp3) is 0.400. The first-order valence-corrected chi connectivity index (χ1v) is 10.8. The maximum Gasteiger partial charge on any atom is 0.227 e. The largest absolute Gasteiger partial charge is 0.349 e. The summed E-state index contributed by atoms with van der Waals surface area (Å²) in [5.74, 6) is -0.478. The molecule has 2 aromatic rings. The Morgan fingerprint density at radius 2 is 1.90 bits per heavy atom. The summed E-state index contributed by atoms with van der Waals surface area (Å²) >= 11 is 0. The van der Waals surface area contributed by atoms with E-state index in [1.807, 2.05) is 38.1 Å². The van der Waals surface area contributed by atoms with E-state index in [2.05, 4.69) is 24.4 Å². The van der Waals surface area contributed by atoms with E-state index in [0.29, 0.717) is 13.1 Å². The van der Waals surface area contributed by atoms with Crippen molar-refractivity contribution in [3.05, 3.63) is 58.7 Å². The van der Waals surface area contributed by atoms with Crippen molar-refractivity contribution in [2.45, 2.75) is 46.6 Å². The highest BCUT2D eigenvalue weighted by molar-refractivity contribution is 6.01. The normalized spacial score (nSPS) is 18.8. The van der Waals surface area contributed by atoms with Crippen LogP contribution in [0.5, 0.6) is 0 Å². The molecule has 1 N–H and O–H groups in total. The molecule has 0 spiro atoms. The van der Waals surface area contributed by atoms with Crippen LogP contribution >= 0.6 is 0 Å². The van der Waals surface area contributed by atoms with E-state index in [4.69, 9.17) is 0 Å². The number of carbonyl (C=O) groups excluding carboxylic acids is 3. The minimum absolute atomic E-state index is 0.0263. The lowest BCUT2D eigenvalue weighted by molar-refractivity contribution is -0.126. The molecule has 0 unspecified atom stereocenters.